The van der Waals surface area contributed by atoms with Gasteiger partial charge < -0.3 is 10.4 Å². The van der Waals surface area contributed by atoms with Gasteiger partial charge in [-0.15, -0.1) is 11.3 Å². The molecule has 4 atom stereocenters. The Labute approximate surface area is 188 Å². The van der Waals surface area contributed by atoms with Crippen LogP contribution >= 0.6 is 11.3 Å². The highest BCUT2D eigenvalue weighted by Gasteiger charge is 2.57. The molecule has 31 heavy (non-hydrogen) atoms. The number of allylic oxidation sites excluding steroid dienone is 2. The molecule has 0 unspecified atom stereocenters. The van der Waals surface area contributed by atoms with Gasteiger partial charge in [-0.05, 0) is 74.3 Å². The fraction of sp³-hybridized carbons (Fsp3) is 0.538. The lowest BCUT2D eigenvalue weighted by Crippen LogP contribution is -2.61. The molecule has 4 nitrogen and oxygen atoms in total. The highest BCUT2D eigenvalue weighted by atomic mass is 32.1. The SMILES string of the molecule is Cc1ccc2scc(C(=O)N[C@@H]3C[C@@H]4C[C@H]([C@H]3CC=CCCCC(=O)O)C4(C)C)c2c1. The summed E-state index contributed by atoms with van der Waals surface area (Å²) in [4.78, 5) is 23.9. The van der Waals surface area contributed by atoms with Crippen LogP contribution in [0, 0.1) is 30.1 Å². The average Bonchev–Trinajstić information content (AvgIpc) is 3.13. The lowest BCUT2D eigenvalue weighted by atomic mass is 9.44. The second-order valence-corrected chi connectivity index (χ2v) is 10.9. The van der Waals surface area contributed by atoms with Gasteiger partial charge in [-0.25, -0.2) is 0 Å². The molecule has 3 saturated carbocycles. The number of aliphatic carboxylic acids is 1. The summed E-state index contributed by atoms with van der Waals surface area (Å²) in [5, 5.41) is 15.2. The molecule has 5 rings (SSSR count). The van der Waals surface area contributed by atoms with Crippen molar-refractivity contribution in [3.8, 4) is 0 Å². The fourth-order valence-electron chi connectivity index (χ4n) is 5.75. The zero-order valence-electron chi connectivity index (χ0n) is 18.7. The fourth-order valence-corrected chi connectivity index (χ4v) is 6.67. The van der Waals surface area contributed by atoms with E-state index in [0.29, 0.717) is 29.6 Å². The van der Waals surface area contributed by atoms with Crippen LogP contribution in [-0.4, -0.2) is 23.0 Å². The van der Waals surface area contributed by atoms with Gasteiger partial charge in [0.2, 0.25) is 0 Å². The van der Waals surface area contributed by atoms with Crippen LogP contribution in [-0.2, 0) is 4.79 Å². The van der Waals surface area contributed by atoms with E-state index in [4.69, 9.17) is 5.11 Å². The van der Waals surface area contributed by atoms with Gasteiger partial charge in [0.05, 0.1) is 5.56 Å². The van der Waals surface area contributed by atoms with Crippen molar-refractivity contribution in [2.45, 2.75) is 65.3 Å². The molecule has 5 heteroatoms. The number of amides is 1. The molecule has 3 aliphatic rings. The number of carbonyl (C=O) groups excluding carboxylic acids is 1. The Morgan fingerprint density at radius 2 is 2.06 bits per heavy atom. The maximum atomic E-state index is 13.2. The molecule has 1 amide bonds. The molecular weight excluding hydrogens is 406 g/mol. The predicted molar refractivity (Wildman–Crippen MR) is 127 cm³/mol. The van der Waals surface area contributed by atoms with Crippen LogP contribution in [0.2, 0.25) is 0 Å². The number of nitrogens with one attached hydrogen (secondary N) is 1. The third-order valence-electron chi connectivity index (χ3n) is 7.74. The molecule has 1 heterocycles. The molecule has 3 fully saturated rings. The first-order valence-corrected chi connectivity index (χ1v) is 12.3. The summed E-state index contributed by atoms with van der Waals surface area (Å²) in [6.07, 6.45) is 9.29. The summed E-state index contributed by atoms with van der Waals surface area (Å²) in [7, 11) is 0. The number of aryl methyl sites for hydroxylation is 1. The number of carbonyl (C=O) groups is 2. The summed E-state index contributed by atoms with van der Waals surface area (Å²) in [6, 6.07) is 6.51. The van der Waals surface area contributed by atoms with Gasteiger partial charge in [-0.1, -0.05) is 37.6 Å². The molecule has 2 bridgehead atoms. The van der Waals surface area contributed by atoms with Gasteiger partial charge in [0.15, 0.2) is 0 Å². The quantitative estimate of drug-likeness (QED) is 0.381. The van der Waals surface area contributed by atoms with E-state index in [1.54, 1.807) is 11.3 Å². The van der Waals surface area contributed by atoms with E-state index in [1.165, 1.54) is 12.0 Å². The third-order valence-corrected chi connectivity index (χ3v) is 8.71. The van der Waals surface area contributed by atoms with Crippen LogP contribution in [0.5, 0.6) is 0 Å². The molecule has 0 saturated heterocycles. The number of unbranched alkanes of at least 4 members (excludes halogenated alkanes) is 1. The van der Waals surface area contributed by atoms with Crippen LogP contribution in [0.25, 0.3) is 10.1 Å². The van der Waals surface area contributed by atoms with E-state index in [2.05, 4.69) is 56.4 Å². The maximum absolute atomic E-state index is 13.2. The molecule has 0 radical (unpaired) electrons. The first kappa shape index (κ1) is 22.1. The number of fused-ring (bicyclic) bond motifs is 3. The summed E-state index contributed by atoms with van der Waals surface area (Å²) in [6.45, 7) is 6.82. The van der Waals surface area contributed by atoms with Gasteiger partial charge in [0.25, 0.3) is 5.91 Å². The number of carboxylic acids is 1. The zero-order valence-corrected chi connectivity index (χ0v) is 19.5. The smallest absolute Gasteiger partial charge is 0.303 e. The number of carboxylic acid groups (broad SMARTS) is 1. The standard InChI is InChI=1S/C26H33NO3S/c1-16-10-11-23-19(12-16)20(15-31-23)25(30)27-22-14-17-13-21(26(17,2)3)18(22)8-6-4-5-7-9-24(28)29/h4,6,10-12,15,17-18,21-22H,5,7-9,13-14H2,1-3H3,(H,27,30)(H,28,29)/t17-,18+,21+,22+/m0/s1. The first-order chi connectivity index (χ1) is 14.8. The highest BCUT2D eigenvalue weighted by Crippen LogP contribution is 2.62. The molecular formula is C26H33NO3S. The van der Waals surface area contributed by atoms with E-state index >= 15 is 0 Å². The summed E-state index contributed by atoms with van der Waals surface area (Å²) in [5.74, 6) is 1.06. The Kier molecular flexibility index (Phi) is 6.25. The minimum Gasteiger partial charge on any atom is -0.481 e. The van der Waals surface area contributed by atoms with Crippen LogP contribution in [0.1, 0.15) is 68.3 Å². The van der Waals surface area contributed by atoms with Crippen molar-refractivity contribution in [1.82, 2.24) is 5.32 Å². The van der Waals surface area contributed by atoms with Gasteiger partial charge in [-0.3, -0.25) is 9.59 Å². The molecule has 0 spiro atoms. The van der Waals surface area contributed by atoms with Crippen LogP contribution in [0.4, 0.5) is 0 Å². The van der Waals surface area contributed by atoms with E-state index in [-0.39, 0.29) is 18.4 Å². The Balaban J connectivity index is 1.45. The van der Waals surface area contributed by atoms with Crippen molar-refractivity contribution < 1.29 is 14.7 Å². The van der Waals surface area contributed by atoms with Crippen LogP contribution < -0.4 is 5.32 Å². The van der Waals surface area contributed by atoms with Crippen molar-refractivity contribution in [3.63, 3.8) is 0 Å². The highest BCUT2D eigenvalue weighted by molar-refractivity contribution is 7.17. The molecule has 2 aromatic rings. The number of rotatable bonds is 8. The Morgan fingerprint density at radius 3 is 2.81 bits per heavy atom. The molecule has 1 aromatic carbocycles. The second kappa shape index (κ2) is 8.78. The monoisotopic (exact) mass is 439 g/mol. The van der Waals surface area contributed by atoms with Crippen molar-refractivity contribution in [2.75, 3.05) is 0 Å². The van der Waals surface area contributed by atoms with Crippen molar-refractivity contribution in [2.24, 2.45) is 23.2 Å². The van der Waals surface area contributed by atoms with Crippen molar-refractivity contribution in [3.05, 3.63) is 46.9 Å². The van der Waals surface area contributed by atoms with Gasteiger partial charge in [0, 0.05) is 27.9 Å². The maximum Gasteiger partial charge on any atom is 0.303 e. The lowest BCUT2D eigenvalue weighted by molar-refractivity contribution is -0.137. The van der Waals surface area contributed by atoms with Crippen LogP contribution in [0.15, 0.2) is 35.7 Å². The van der Waals surface area contributed by atoms with Gasteiger partial charge in [0.1, 0.15) is 0 Å². The predicted octanol–water partition coefficient (Wildman–Crippen LogP) is 6.19. The Morgan fingerprint density at radius 1 is 1.26 bits per heavy atom. The molecule has 1 aromatic heterocycles. The Hall–Kier alpha value is -2.14. The van der Waals surface area contributed by atoms with Gasteiger partial charge >= 0.3 is 5.97 Å². The van der Waals surface area contributed by atoms with Gasteiger partial charge in [-0.2, -0.15) is 0 Å². The number of thiophene rings is 1. The van der Waals surface area contributed by atoms with E-state index in [1.807, 2.05) is 5.38 Å². The summed E-state index contributed by atoms with van der Waals surface area (Å²) >= 11 is 1.63. The minimum atomic E-state index is -0.734. The summed E-state index contributed by atoms with van der Waals surface area (Å²) < 4.78 is 1.16. The average molecular weight is 440 g/mol. The Bertz CT molecular complexity index is 1010. The number of hydrogen-bond acceptors (Lipinski definition) is 3. The van der Waals surface area contributed by atoms with Crippen LogP contribution in [0.3, 0.4) is 0 Å². The van der Waals surface area contributed by atoms with E-state index in [0.717, 1.165) is 34.9 Å². The topological polar surface area (TPSA) is 66.4 Å². The third kappa shape index (κ3) is 4.43. The van der Waals surface area contributed by atoms with E-state index in [9.17, 15) is 9.59 Å². The second-order valence-electron chi connectivity index (χ2n) is 9.98. The van der Waals surface area contributed by atoms with E-state index < -0.39 is 5.97 Å². The number of benzene rings is 1. The largest absolute Gasteiger partial charge is 0.481 e. The van der Waals surface area contributed by atoms with Crippen molar-refractivity contribution >= 4 is 33.3 Å². The normalized spacial score (nSPS) is 26.7. The molecule has 166 valence electrons. The molecule has 3 aliphatic carbocycles. The zero-order chi connectivity index (χ0) is 22.2. The molecule has 2 N–H and O–H groups in total. The lowest BCUT2D eigenvalue weighted by Gasteiger charge is -2.62. The van der Waals surface area contributed by atoms with Crippen molar-refractivity contribution in [1.29, 1.82) is 0 Å². The molecule has 0 aliphatic heterocycles. The first-order valence-electron chi connectivity index (χ1n) is 11.4. The number of hydrogen-bond donors (Lipinski definition) is 2. The summed E-state index contributed by atoms with van der Waals surface area (Å²) in [5.41, 5.74) is 2.31. The minimum absolute atomic E-state index is 0.0522.